The number of piperidine rings is 1. The molecule has 0 aromatic heterocycles. The molecule has 7 nitrogen and oxygen atoms in total. The maximum atomic E-state index is 13.9. The number of benzene rings is 1. The average Bonchev–Trinajstić information content (AvgIpc) is 2.75. The number of hydrogen-bond acceptors (Lipinski definition) is 4. The molecule has 0 spiro atoms. The molecule has 1 saturated carbocycles. The van der Waals surface area contributed by atoms with Crippen LogP contribution in [0.2, 0.25) is 0 Å². The maximum Gasteiger partial charge on any atom is 0.315 e. The van der Waals surface area contributed by atoms with Crippen molar-refractivity contribution in [2.45, 2.75) is 77.0 Å². The fourth-order valence-electron chi connectivity index (χ4n) is 4.68. The van der Waals surface area contributed by atoms with Crippen LogP contribution in [0.1, 0.15) is 57.9 Å². The summed E-state index contributed by atoms with van der Waals surface area (Å²) >= 11 is 0. The molecule has 3 N–H and O–H groups in total. The quantitative estimate of drug-likeness (QED) is 0.598. The van der Waals surface area contributed by atoms with E-state index in [1.807, 2.05) is 19.9 Å². The molecule has 2 atom stereocenters. The Morgan fingerprint density at radius 1 is 1.12 bits per heavy atom. The number of carbonyl (C=O) groups is 2. The monoisotopic (exact) mass is 448 g/mol. The number of amides is 3. The van der Waals surface area contributed by atoms with Gasteiger partial charge in [-0.1, -0.05) is 12.5 Å². The zero-order valence-electron chi connectivity index (χ0n) is 19.5. The summed E-state index contributed by atoms with van der Waals surface area (Å²) in [5, 5.41) is 9.16. The number of carbonyl (C=O) groups excluding carboxylic acids is 2. The van der Waals surface area contributed by atoms with Crippen LogP contribution in [0.15, 0.2) is 18.2 Å². The summed E-state index contributed by atoms with van der Waals surface area (Å²) in [6, 6.07) is 5.23. The van der Waals surface area contributed by atoms with E-state index in [0.29, 0.717) is 13.0 Å². The fourth-order valence-corrected chi connectivity index (χ4v) is 4.68. The first kappa shape index (κ1) is 24.3. The van der Waals surface area contributed by atoms with Crippen molar-refractivity contribution in [3.63, 3.8) is 0 Å². The highest BCUT2D eigenvalue weighted by Crippen LogP contribution is 2.25. The summed E-state index contributed by atoms with van der Waals surface area (Å²) in [6.07, 6.45) is 5.16. The topological polar surface area (TPSA) is 82.7 Å². The van der Waals surface area contributed by atoms with Gasteiger partial charge < -0.3 is 20.7 Å². The smallest absolute Gasteiger partial charge is 0.315 e. The average molecular weight is 449 g/mol. The lowest BCUT2D eigenvalue weighted by Crippen LogP contribution is -2.51. The lowest BCUT2D eigenvalue weighted by Gasteiger charge is -2.33. The maximum absolute atomic E-state index is 13.9. The molecule has 178 valence electrons. The van der Waals surface area contributed by atoms with Crippen molar-refractivity contribution in [2.75, 3.05) is 20.2 Å². The minimum Gasteiger partial charge on any atom is -0.494 e. The van der Waals surface area contributed by atoms with Gasteiger partial charge in [0.2, 0.25) is 5.91 Å². The first-order chi connectivity index (χ1) is 15.3. The molecule has 3 amide bonds. The van der Waals surface area contributed by atoms with Crippen molar-refractivity contribution in [1.82, 2.24) is 20.9 Å². The normalized spacial score (nSPS) is 22.4. The van der Waals surface area contributed by atoms with Gasteiger partial charge in [0.1, 0.15) is 0 Å². The van der Waals surface area contributed by atoms with E-state index in [-0.39, 0.29) is 47.5 Å². The first-order valence-electron chi connectivity index (χ1n) is 11.8. The van der Waals surface area contributed by atoms with Gasteiger partial charge in [0.15, 0.2) is 11.6 Å². The van der Waals surface area contributed by atoms with Crippen LogP contribution >= 0.6 is 0 Å². The zero-order chi connectivity index (χ0) is 23.1. The molecule has 2 fully saturated rings. The van der Waals surface area contributed by atoms with Crippen LogP contribution in [-0.4, -0.2) is 55.2 Å². The number of likely N-dealkylation sites (tertiary alicyclic amines) is 1. The molecule has 1 aliphatic heterocycles. The first-order valence-corrected chi connectivity index (χ1v) is 11.8. The lowest BCUT2D eigenvalue weighted by molar-refractivity contribution is -0.126. The number of nitrogens with zero attached hydrogens (tertiary/aromatic N) is 1. The van der Waals surface area contributed by atoms with E-state index in [4.69, 9.17) is 4.74 Å². The number of methoxy groups -OCH3 is 1. The van der Waals surface area contributed by atoms with E-state index in [9.17, 15) is 14.0 Å². The van der Waals surface area contributed by atoms with Crippen molar-refractivity contribution in [1.29, 1.82) is 0 Å². The molecule has 32 heavy (non-hydrogen) atoms. The highest BCUT2D eigenvalue weighted by molar-refractivity contribution is 5.79. The minimum absolute atomic E-state index is 0.0255. The molecule has 1 heterocycles. The standard InChI is InChI=1S/C24H37FN4O3/c1-16(2)26-23(30)18-5-4-6-20(14-18)28-24(31)27-19-9-11-29(12-10-19)15-17-7-8-22(32-3)21(25)13-17/h7-8,13,16,18-20H,4-6,9-12,14-15H2,1-3H3,(H,26,30)(H2,27,28,31). The molecule has 1 aromatic rings. The largest absolute Gasteiger partial charge is 0.494 e. The Labute approximate surface area is 190 Å². The highest BCUT2D eigenvalue weighted by atomic mass is 19.1. The second-order valence-electron chi connectivity index (χ2n) is 9.36. The number of hydrogen-bond donors (Lipinski definition) is 3. The van der Waals surface area contributed by atoms with Crippen LogP contribution in [-0.2, 0) is 11.3 Å². The molecule has 1 saturated heterocycles. The van der Waals surface area contributed by atoms with Gasteiger partial charge in [-0.25, -0.2) is 9.18 Å². The van der Waals surface area contributed by atoms with Gasteiger partial charge >= 0.3 is 6.03 Å². The van der Waals surface area contributed by atoms with Crippen LogP contribution < -0.4 is 20.7 Å². The summed E-state index contributed by atoms with van der Waals surface area (Å²) in [6.45, 7) is 6.30. The van der Waals surface area contributed by atoms with Gasteiger partial charge in [-0.05, 0) is 63.6 Å². The van der Waals surface area contributed by atoms with Gasteiger partial charge in [0.05, 0.1) is 7.11 Å². The number of urea groups is 1. The van der Waals surface area contributed by atoms with Crippen molar-refractivity contribution >= 4 is 11.9 Å². The third-order valence-corrected chi connectivity index (χ3v) is 6.36. The molecule has 2 unspecified atom stereocenters. The van der Waals surface area contributed by atoms with E-state index in [1.165, 1.54) is 13.2 Å². The van der Waals surface area contributed by atoms with E-state index in [0.717, 1.165) is 50.8 Å². The van der Waals surface area contributed by atoms with Crippen molar-refractivity contribution in [3.8, 4) is 5.75 Å². The number of halogens is 1. The Hall–Kier alpha value is -2.35. The summed E-state index contributed by atoms with van der Waals surface area (Å²) < 4.78 is 18.9. The molecule has 8 heteroatoms. The second-order valence-corrected chi connectivity index (χ2v) is 9.36. The SMILES string of the molecule is COc1ccc(CN2CCC(NC(=O)NC3CCCC(C(=O)NC(C)C)C3)CC2)cc1F. The Bertz CT molecular complexity index is 781. The summed E-state index contributed by atoms with van der Waals surface area (Å²) in [5.41, 5.74) is 0.917. The Balaban J connectivity index is 1.39. The van der Waals surface area contributed by atoms with Gasteiger partial charge in [-0.3, -0.25) is 9.69 Å². The van der Waals surface area contributed by atoms with E-state index in [2.05, 4.69) is 20.9 Å². The molecule has 1 aliphatic carbocycles. The third-order valence-electron chi connectivity index (χ3n) is 6.36. The van der Waals surface area contributed by atoms with Crippen molar-refractivity contribution < 1.29 is 18.7 Å². The second kappa shape index (κ2) is 11.5. The van der Waals surface area contributed by atoms with Crippen LogP contribution in [0.3, 0.4) is 0 Å². The minimum atomic E-state index is -0.343. The number of ether oxygens (including phenoxy) is 1. The fraction of sp³-hybridized carbons (Fsp3) is 0.667. The third kappa shape index (κ3) is 7.08. The van der Waals surface area contributed by atoms with Crippen LogP contribution in [0.4, 0.5) is 9.18 Å². The molecule has 2 aliphatic rings. The Morgan fingerprint density at radius 2 is 1.84 bits per heavy atom. The van der Waals surface area contributed by atoms with Gasteiger partial charge in [0.25, 0.3) is 0 Å². The summed E-state index contributed by atoms with van der Waals surface area (Å²) in [7, 11) is 1.46. The molecule has 1 aromatic carbocycles. The van der Waals surface area contributed by atoms with Crippen LogP contribution in [0.5, 0.6) is 5.75 Å². The molecule has 0 bridgehead atoms. The highest BCUT2D eigenvalue weighted by Gasteiger charge is 2.29. The van der Waals surface area contributed by atoms with E-state index in [1.54, 1.807) is 6.07 Å². The van der Waals surface area contributed by atoms with Gasteiger partial charge in [-0.2, -0.15) is 0 Å². The van der Waals surface area contributed by atoms with Crippen LogP contribution in [0, 0.1) is 11.7 Å². The number of rotatable bonds is 7. The van der Waals surface area contributed by atoms with Crippen molar-refractivity contribution in [2.24, 2.45) is 5.92 Å². The van der Waals surface area contributed by atoms with Crippen LogP contribution in [0.25, 0.3) is 0 Å². The van der Waals surface area contributed by atoms with E-state index >= 15 is 0 Å². The zero-order valence-corrected chi connectivity index (χ0v) is 19.5. The Morgan fingerprint density at radius 3 is 2.50 bits per heavy atom. The van der Waals surface area contributed by atoms with Crippen molar-refractivity contribution in [3.05, 3.63) is 29.6 Å². The summed E-state index contributed by atoms with van der Waals surface area (Å²) in [4.78, 5) is 27.1. The van der Waals surface area contributed by atoms with E-state index < -0.39 is 0 Å². The predicted octanol–water partition coefficient (Wildman–Crippen LogP) is 3.18. The lowest BCUT2D eigenvalue weighted by atomic mass is 9.85. The number of nitrogens with one attached hydrogen (secondary N) is 3. The molecular formula is C24H37FN4O3. The molecule has 3 rings (SSSR count). The van der Waals surface area contributed by atoms with Gasteiger partial charge in [0, 0.05) is 43.7 Å². The Kier molecular flexibility index (Phi) is 8.73. The molecule has 0 radical (unpaired) electrons. The van der Waals surface area contributed by atoms with Gasteiger partial charge in [-0.15, -0.1) is 0 Å². The predicted molar refractivity (Wildman–Crippen MR) is 122 cm³/mol. The summed E-state index contributed by atoms with van der Waals surface area (Å²) in [5.74, 6) is -0.0177. The molecular weight excluding hydrogens is 411 g/mol.